The number of ether oxygens (including phenoxy) is 1. The zero-order valence-electron chi connectivity index (χ0n) is 18.7. The van der Waals surface area contributed by atoms with Crippen LogP contribution in [0.25, 0.3) is 17.1 Å². The quantitative estimate of drug-likeness (QED) is 0.225. The van der Waals surface area contributed by atoms with Crippen LogP contribution in [0, 0.1) is 0 Å². The summed E-state index contributed by atoms with van der Waals surface area (Å²) in [5.41, 5.74) is 5.35. The molecular weight excluding hydrogens is 450 g/mol. The van der Waals surface area contributed by atoms with Crippen LogP contribution in [0.2, 0.25) is 0 Å². The summed E-state index contributed by atoms with van der Waals surface area (Å²) < 4.78 is 7.18. The molecule has 1 amide bonds. The topological polar surface area (TPSA) is 102 Å². The largest absolute Gasteiger partial charge is 0.507 e. The molecule has 9 heteroatoms. The number of aromatic nitrogens is 3. The average molecular weight is 474 g/mol. The predicted molar refractivity (Wildman–Crippen MR) is 133 cm³/mol. The van der Waals surface area contributed by atoms with Crippen LogP contribution in [0.4, 0.5) is 0 Å². The van der Waals surface area contributed by atoms with Gasteiger partial charge in [-0.2, -0.15) is 5.10 Å². The van der Waals surface area contributed by atoms with Crippen molar-refractivity contribution >= 4 is 23.4 Å². The number of hydrogen-bond acceptors (Lipinski definition) is 7. The van der Waals surface area contributed by atoms with E-state index >= 15 is 0 Å². The molecule has 1 aromatic heterocycles. The molecule has 0 aliphatic heterocycles. The normalized spacial score (nSPS) is 11.3. The van der Waals surface area contributed by atoms with E-state index in [9.17, 15) is 9.90 Å². The summed E-state index contributed by atoms with van der Waals surface area (Å²) in [6.45, 7) is 1.72. The minimum absolute atomic E-state index is 0.0840. The van der Waals surface area contributed by atoms with Gasteiger partial charge in [-0.15, -0.1) is 10.2 Å². The third-order valence-electron chi connectivity index (χ3n) is 4.97. The number of hydrazone groups is 1. The number of benzene rings is 3. The first-order chi connectivity index (χ1) is 16.6. The monoisotopic (exact) mass is 473 g/mol. The summed E-state index contributed by atoms with van der Waals surface area (Å²) in [6.07, 6.45) is 0. The third kappa shape index (κ3) is 5.26. The van der Waals surface area contributed by atoms with Crippen molar-refractivity contribution in [1.29, 1.82) is 0 Å². The lowest BCUT2D eigenvalue weighted by Crippen LogP contribution is -2.21. The molecule has 2 N–H and O–H groups in total. The lowest BCUT2D eigenvalue weighted by molar-refractivity contribution is -0.118. The van der Waals surface area contributed by atoms with Crippen LogP contribution >= 0.6 is 11.8 Å². The van der Waals surface area contributed by atoms with E-state index in [0.717, 1.165) is 17.0 Å². The first kappa shape index (κ1) is 23.1. The maximum atomic E-state index is 12.5. The summed E-state index contributed by atoms with van der Waals surface area (Å²) in [6, 6.07) is 24.1. The van der Waals surface area contributed by atoms with Gasteiger partial charge in [-0.1, -0.05) is 54.2 Å². The lowest BCUT2D eigenvalue weighted by Gasteiger charge is -2.11. The van der Waals surface area contributed by atoms with Gasteiger partial charge in [0.05, 0.1) is 18.6 Å². The lowest BCUT2D eigenvalue weighted by atomic mass is 10.1. The Hall–Kier alpha value is -4.11. The number of para-hydroxylation sites is 1. The molecular formula is C25H23N5O3S. The van der Waals surface area contributed by atoms with Crippen molar-refractivity contribution in [1.82, 2.24) is 20.2 Å². The van der Waals surface area contributed by atoms with Crippen LogP contribution in [0.15, 0.2) is 89.1 Å². The maximum absolute atomic E-state index is 12.5. The Bertz CT molecular complexity index is 1300. The Morgan fingerprint density at radius 1 is 1.03 bits per heavy atom. The highest BCUT2D eigenvalue weighted by Crippen LogP contribution is 2.28. The third-order valence-corrected chi connectivity index (χ3v) is 5.90. The SMILES string of the molecule is COc1ccc(-n2c(SCC(=O)NN=C(C)c3ccccc3O)nnc2-c2ccccc2)cc1. The van der Waals surface area contributed by atoms with Crippen LogP contribution < -0.4 is 10.2 Å². The molecule has 0 aliphatic carbocycles. The van der Waals surface area contributed by atoms with Gasteiger partial charge in [0.1, 0.15) is 11.5 Å². The molecule has 0 saturated heterocycles. The van der Waals surface area contributed by atoms with E-state index in [0.29, 0.717) is 22.3 Å². The summed E-state index contributed by atoms with van der Waals surface area (Å²) in [7, 11) is 1.62. The van der Waals surface area contributed by atoms with Gasteiger partial charge in [0.25, 0.3) is 5.91 Å². The Morgan fingerprint density at radius 3 is 2.44 bits per heavy atom. The molecule has 172 valence electrons. The number of phenolic OH excluding ortho intramolecular Hbond substituents is 1. The average Bonchev–Trinajstić information content (AvgIpc) is 3.31. The summed E-state index contributed by atoms with van der Waals surface area (Å²) in [5, 5.41) is 23.3. The molecule has 0 bridgehead atoms. The highest BCUT2D eigenvalue weighted by atomic mass is 32.2. The smallest absolute Gasteiger partial charge is 0.250 e. The van der Waals surface area contributed by atoms with Gasteiger partial charge in [0, 0.05) is 16.8 Å². The maximum Gasteiger partial charge on any atom is 0.250 e. The fourth-order valence-electron chi connectivity index (χ4n) is 3.25. The number of rotatable bonds is 8. The molecule has 8 nitrogen and oxygen atoms in total. The molecule has 0 saturated carbocycles. The fourth-order valence-corrected chi connectivity index (χ4v) is 3.99. The Balaban J connectivity index is 1.53. The van der Waals surface area contributed by atoms with Crippen molar-refractivity contribution in [3.63, 3.8) is 0 Å². The van der Waals surface area contributed by atoms with Gasteiger partial charge in [0.15, 0.2) is 11.0 Å². The minimum Gasteiger partial charge on any atom is -0.507 e. The zero-order chi connectivity index (χ0) is 23.9. The van der Waals surface area contributed by atoms with E-state index in [1.807, 2.05) is 59.2 Å². The predicted octanol–water partition coefficient (Wildman–Crippen LogP) is 4.28. The van der Waals surface area contributed by atoms with Gasteiger partial charge in [-0.05, 0) is 43.3 Å². The molecule has 0 fully saturated rings. The fraction of sp³-hybridized carbons (Fsp3) is 0.120. The van der Waals surface area contributed by atoms with E-state index in [1.54, 1.807) is 38.3 Å². The van der Waals surface area contributed by atoms with Crippen molar-refractivity contribution in [3.05, 3.63) is 84.4 Å². The second-order valence-corrected chi connectivity index (χ2v) is 8.19. The van der Waals surface area contributed by atoms with E-state index in [1.165, 1.54) is 11.8 Å². The molecule has 4 rings (SSSR count). The van der Waals surface area contributed by atoms with Gasteiger partial charge in [-0.3, -0.25) is 9.36 Å². The number of phenols is 1. The number of thioether (sulfide) groups is 1. The first-order valence-corrected chi connectivity index (χ1v) is 11.4. The van der Waals surface area contributed by atoms with Gasteiger partial charge < -0.3 is 9.84 Å². The van der Waals surface area contributed by atoms with Crippen LogP contribution in [-0.4, -0.2) is 44.4 Å². The second-order valence-electron chi connectivity index (χ2n) is 7.24. The Morgan fingerprint density at radius 2 is 1.74 bits per heavy atom. The number of carbonyl (C=O) groups excluding carboxylic acids is 1. The van der Waals surface area contributed by atoms with Crippen molar-refractivity contribution < 1.29 is 14.6 Å². The van der Waals surface area contributed by atoms with E-state index in [4.69, 9.17) is 4.74 Å². The van der Waals surface area contributed by atoms with Crippen molar-refractivity contribution in [2.24, 2.45) is 5.10 Å². The molecule has 3 aromatic carbocycles. The molecule has 4 aromatic rings. The second kappa shape index (κ2) is 10.7. The number of nitrogens with zero attached hydrogens (tertiary/aromatic N) is 4. The standard InChI is InChI=1S/C25H23N5O3S/c1-17(21-10-6-7-11-22(21)31)26-27-23(32)16-34-25-29-28-24(18-8-4-3-5-9-18)30(25)19-12-14-20(33-2)15-13-19/h3-15,31H,16H2,1-2H3,(H,27,32). The van der Waals surface area contributed by atoms with Crippen LogP contribution in [0.3, 0.4) is 0 Å². The summed E-state index contributed by atoms with van der Waals surface area (Å²) in [5.74, 6) is 1.30. The summed E-state index contributed by atoms with van der Waals surface area (Å²) in [4.78, 5) is 12.5. The molecule has 0 radical (unpaired) electrons. The van der Waals surface area contributed by atoms with Gasteiger partial charge in [-0.25, -0.2) is 5.43 Å². The number of carbonyl (C=O) groups is 1. The number of hydrogen-bond donors (Lipinski definition) is 2. The van der Waals surface area contributed by atoms with Crippen LogP contribution in [0.5, 0.6) is 11.5 Å². The number of amides is 1. The summed E-state index contributed by atoms with van der Waals surface area (Å²) >= 11 is 1.25. The highest BCUT2D eigenvalue weighted by molar-refractivity contribution is 7.99. The van der Waals surface area contributed by atoms with E-state index < -0.39 is 0 Å². The molecule has 0 unspecified atom stereocenters. The van der Waals surface area contributed by atoms with Crippen LogP contribution in [-0.2, 0) is 4.79 Å². The van der Waals surface area contributed by atoms with Crippen molar-refractivity contribution in [2.75, 3.05) is 12.9 Å². The van der Waals surface area contributed by atoms with Crippen molar-refractivity contribution in [3.8, 4) is 28.6 Å². The highest BCUT2D eigenvalue weighted by Gasteiger charge is 2.17. The first-order valence-electron chi connectivity index (χ1n) is 10.5. The van der Waals surface area contributed by atoms with Crippen LogP contribution in [0.1, 0.15) is 12.5 Å². The molecule has 0 spiro atoms. The van der Waals surface area contributed by atoms with Gasteiger partial charge >= 0.3 is 0 Å². The van der Waals surface area contributed by atoms with Gasteiger partial charge in [0.2, 0.25) is 0 Å². The number of nitrogens with one attached hydrogen (secondary N) is 1. The Kier molecular flexibility index (Phi) is 7.24. The molecule has 0 aliphatic rings. The minimum atomic E-state index is -0.301. The van der Waals surface area contributed by atoms with Crippen molar-refractivity contribution in [2.45, 2.75) is 12.1 Å². The molecule has 0 atom stereocenters. The van der Waals surface area contributed by atoms with E-state index in [-0.39, 0.29) is 17.4 Å². The Labute approximate surface area is 201 Å². The number of aromatic hydroxyl groups is 1. The zero-order valence-corrected chi connectivity index (χ0v) is 19.5. The molecule has 1 heterocycles. The van der Waals surface area contributed by atoms with E-state index in [2.05, 4.69) is 20.7 Å². The number of methoxy groups -OCH3 is 1. The molecule has 34 heavy (non-hydrogen) atoms.